The number of ether oxygens (including phenoxy) is 1. The van der Waals surface area contributed by atoms with Crippen LogP contribution in [0.3, 0.4) is 0 Å². The SMILES string of the molecule is COc1cccc(-c2ccc3nnc(SCC(=O)Nc4cc(C)on4)n3n2)c1. The Balaban J connectivity index is 1.52. The molecule has 0 aliphatic carbocycles. The van der Waals surface area contributed by atoms with Gasteiger partial charge >= 0.3 is 0 Å². The van der Waals surface area contributed by atoms with E-state index in [9.17, 15) is 4.79 Å². The summed E-state index contributed by atoms with van der Waals surface area (Å²) in [4.78, 5) is 12.1. The van der Waals surface area contributed by atoms with E-state index < -0.39 is 0 Å². The van der Waals surface area contributed by atoms with E-state index in [-0.39, 0.29) is 11.7 Å². The Kier molecular flexibility index (Phi) is 4.94. The van der Waals surface area contributed by atoms with Gasteiger partial charge in [-0.3, -0.25) is 4.79 Å². The van der Waals surface area contributed by atoms with Gasteiger partial charge in [0.1, 0.15) is 11.5 Å². The van der Waals surface area contributed by atoms with Crippen molar-refractivity contribution in [3.8, 4) is 17.0 Å². The number of anilines is 1. The average molecular weight is 396 g/mol. The lowest BCUT2D eigenvalue weighted by atomic mass is 10.1. The molecule has 142 valence electrons. The number of carbonyl (C=O) groups excluding carboxylic acids is 1. The molecular weight excluding hydrogens is 380 g/mol. The largest absolute Gasteiger partial charge is 0.497 e. The highest BCUT2D eigenvalue weighted by Crippen LogP contribution is 2.24. The number of hydrogen-bond acceptors (Lipinski definition) is 8. The number of carbonyl (C=O) groups is 1. The number of hydrogen-bond donors (Lipinski definition) is 1. The van der Waals surface area contributed by atoms with E-state index in [2.05, 4.69) is 25.8 Å². The van der Waals surface area contributed by atoms with Crippen molar-refractivity contribution < 1.29 is 14.1 Å². The topological polar surface area (TPSA) is 107 Å². The highest BCUT2D eigenvalue weighted by atomic mass is 32.2. The smallest absolute Gasteiger partial charge is 0.236 e. The van der Waals surface area contributed by atoms with Gasteiger partial charge in [-0.05, 0) is 31.2 Å². The number of aryl methyl sites for hydroxylation is 1. The van der Waals surface area contributed by atoms with Gasteiger partial charge in [0.2, 0.25) is 11.1 Å². The number of nitrogens with one attached hydrogen (secondary N) is 1. The Bertz CT molecular complexity index is 1140. The first-order valence-electron chi connectivity index (χ1n) is 8.35. The molecule has 0 saturated heterocycles. The van der Waals surface area contributed by atoms with Gasteiger partial charge < -0.3 is 14.6 Å². The van der Waals surface area contributed by atoms with Gasteiger partial charge in [-0.1, -0.05) is 29.1 Å². The lowest BCUT2D eigenvalue weighted by Gasteiger charge is -2.05. The van der Waals surface area contributed by atoms with E-state index in [1.807, 2.05) is 36.4 Å². The number of methoxy groups -OCH3 is 1. The zero-order chi connectivity index (χ0) is 19.5. The minimum Gasteiger partial charge on any atom is -0.497 e. The van der Waals surface area contributed by atoms with Gasteiger partial charge in [-0.2, -0.15) is 9.61 Å². The van der Waals surface area contributed by atoms with Crippen molar-refractivity contribution in [3.63, 3.8) is 0 Å². The van der Waals surface area contributed by atoms with E-state index in [4.69, 9.17) is 9.26 Å². The Hall–Kier alpha value is -3.40. The minimum atomic E-state index is -0.223. The molecule has 0 spiro atoms. The van der Waals surface area contributed by atoms with Crippen molar-refractivity contribution in [2.24, 2.45) is 0 Å². The van der Waals surface area contributed by atoms with Crippen molar-refractivity contribution in [3.05, 3.63) is 48.2 Å². The first-order valence-corrected chi connectivity index (χ1v) is 9.34. The lowest BCUT2D eigenvalue weighted by molar-refractivity contribution is -0.113. The van der Waals surface area contributed by atoms with Crippen LogP contribution in [0.15, 0.2) is 52.1 Å². The minimum absolute atomic E-state index is 0.137. The summed E-state index contributed by atoms with van der Waals surface area (Å²) in [5, 5.41) is 19.7. The molecule has 4 aromatic rings. The Morgan fingerprint density at radius 1 is 1.25 bits per heavy atom. The van der Waals surface area contributed by atoms with Crippen LogP contribution in [-0.2, 0) is 4.79 Å². The monoisotopic (exact) mass is 396 g/mol. The van der Waals surface area contributed by atoms with Gasteiger partial charge in [0.25, 0.3) is 0 Å². The number of fused-ring (bicyclic) bond motifs is 1. The standard InChI is InChI=1S/C18H16N6O3S/c1-11-8-15(23-27-11)19-17(25)10-28-18-21-20-16-7-6-14(22-24(16)18)12-4-3-5-13(9-12)26-2/h3-9H,10H2,1-2H3,(H,19,23,25). The van der Waals surface area contributed by atoms with Crippen molar-refractivity contribution in [1.29, 1.82) is 0 Å². The fourth-order valence-corrected chi connectivity index (χ4v) is 3.22. The fraction of sp³-hybridized carbons (Fsp3) is 0.167. The number of nitrogens with zero attached hydrogens (tertiary/aromatic N) is 5. The number of rotatable bonds is 6. The van der Waals surface area contributed by atoms with Crippen LogP contribution in [0.2, 0.25) is 0 Å². The van der Waals surface area contributed by atoms with E-state index in [1.54, 1.807) is 24.6 Å². The number of aromatic nitrogens is 5. The molecule has 0 atom stereocenters. The maximum atomic E-state index is 12.1. The molecule has 1 aromatic carbocycles. The normalized spacial score (nSPS) is 10.9. The first-order chi connectivity index (χ1) is 13.6. The van der Waals surface area contributed by atoms with Gasteiger partial charge in [0, 0.05) is 11.6 Å². The third kappa shape index (κ3) is 3.81. The van der Waals surface area contributed by atoms with Crippen molar-refractivity contribution >= 4 is 29.1 Å². The molecule has 0 bridgehead atoms. The molecule has 0 aliphatic heterocycles. The predicted octanol–water partition coefficient (Wildman–Crippen LogP) is 2.83. The van der Waals surface area contributed by atoms with Crippen LogP contribution in [0.5, 0.6) is 5.75 Å². The molecule has 28 heavy (non-hydrogen) atoms. The Morgan fingerprint density at radius 2 is 2.14 bits per heavy atom. The molecule has 0 radical (unpaired) electrons. The van der Waals surface area contributed by atoms with E-state index in [1.165, 1.54) is 11.8 Å². The molecule has 10 heteroatoms. The van der Waals surface area contributed by atoms with E-state index >= 15 is 0 Å². The summed E-state index contributed by atoms with van der Waals surface area (Å²) in [6, 6.07) is 13.0. The maximum absolute atomic E-state index is 12.1. The second-order valence-corrected chi connectivity index (χ2v) is 6.81. The summed E-state index contributed by atoms with van der Waals surface area (Å²) >= 11 is 1.23. The van der Waals surface area contributed by atoms with Crippen LogP contribution < -0.4 is 10.1 Å². The number of benzene rings is 1. The van der Waals surface area contributed by atoms with Crippen LogP contribution in [-0.4, -0.2) is 43.7 Å². The summed E-state index contributed by atoms with van der Waals surface area (Å²) in [5.41, 5.74) is 2.25. The van der Waals surface area contributed by atoms with Crippen molar-refractivity contribution in [2.45, 2.75) is 12.1 Å². The van der Waals surface area contributed by atoms with Crippen LogP contribution in [0.1, 0.15) is 5.76 Å². The zero-order valence-corrected chi connectivity index (χ0v) is 15.9. The van der Waals surface area contributed by atoms with Gasteiger partial charge in [-0.15, -0.1) is 10.2 Å². The molecule has 0 aliphatic rings. The third-order valence-electron chi connectivity index (χ3n) is 3.83. The summed E-state index contributed by atoms with van der Waals surface area (Å²) in [7, 11) is 1.62. The summed E-state index contributed by atoms with van der Waals surface area (Å²) in [6.07, 6.45) is 0. The molecule has 0 saturated carbocycles. The summed E-state index contributed by atoms with van der Waals surface area (Å²) < 4.78 is 11.8. The van der Waals surface area contributed by atoms with Gasteiger partial charge in [0.15, 0.2) is 11.5 Å². The van der Waals surface area contributed by atoms with Crippen molar-refractivity contribution in [1.82, 2.24) is 25.0 Å². The van der Waals surface area contributed by atoms with Gasteiger partial charge in [0.05, 0.1) is 18.6 Å². The Morgan fingerprint density at radius 3 is 2.93 bits per heavy atom. The van der Waals surface area contributed by atoms with Crippen LogP contribution >= 0.6 is 11.8 Å². The molecule has 3 aromatic heterocycles. The maximum Gasteiger partial charge on any atom is 0.236 e. The second kappa shape index (κ2) is 7.69. The Labute approximate surface area is 164 Å². The highest BCUT2D eigenvalue weighted by Gasteiger charge is 2.13. The molecule has 0 fully saturated rings. The first kappa shape index (κ1) is 18.0. The fourth-order valence-electron chi connectivity index (χ4n) is 2.53. The molecule has 3 heterocycles. The lowest BCUT2D eigenvalue weighted by Crippen LogP contribution is -2.14. The number of thioether (sulfide) groups is 1. The zero-order valence-electron chi connectivity index (χ0n) is 15.1. The quantitative estimate of drug-likeness (QED) is 0.496. The number of amides is 1. The van der Waals surface area contributed by atoms with E-state index in [0.29, 0.717) is 22.4 Å². The van der Waals surface area contributed by atoms with Crippen molar-refractivity contribution in [2.75, 3.05) is 18.2 Å². The summed E-state index contributed by atoms with van der Waals surface area (Å²) in [6.45, 7) is 1.76. The predicted molar refractivity (Wildman–Crippen MR) is 103 cm³/mol. The molecule has 9 nitrogen and oxygen atoms in total. The molecule has 0 unspecified atom stereocenters. The molecule has 1 N–H and O–H groups in total. The molecule has 1 amide bonds. The van der Waals surface area contributed by atoms with E-state index in [0.717, 1.165) is 17.0 Å². The second-order valence-electron chi connectivity index (χ2n) is 5.86. The molecular formula is C18H16N6O3S. The third-order valence-corrected chi connectivity index (χ3v) is 4.75. The van der Waals surface area contributed by atoms with Gasteiger partial charge in [-0.25, -0.2) is 0 Å². The molecule has 4 rings (SSSR count). The van der Waals surface area contributed by atoms with Crippen LogP contribution in [0.4, 0.5) is 5.82 Å². The highest BCUT2D eigenvalue weighted by molar-refractivity contribution is 7.99. The van der Waals surface area contributed by atoms with Crippen LogP contribution in [0.25, 0.3) is 16.9 Å². The van der Waals surface area contributed by atoms with Crippen LogP contribution in [0, 0.1) is 6.92 Å². The average Bonchev–Trinajstić information content (AvgIpc) is 3.31. The summed E-state index contributed by atoms with van der Waals surface area (Å²) in [5.74, 6) is 1.67.